The molecule has 0 aliphatic rings. The second kappa shape index (κ2) is 3.47. The van der Waals surface area contributed by atoms with E-state index in [0.29, 0.717) is 0 Å². The molecule has 0 saturated carbocycles. The molecule has 3 rings (SSSR count). The third kappa shape index (κ3) is 1.22. The molecule has 0 heterocycles. The van der Waals surface area contributed by atoms with Gasteiger partial charge in [0, 0.05) is 16.5 Å². The van der Waals surface area contributed by atoms with E-state index in [1.54, 1.807) is 0 Å². The molecule has 2 heteroatoms. The van der Waals surface area contributed by atoms with Crippen LogP contribution in [0.5, 0.6) is 0 Å². The van der Waals surface area contributed by atoms with Crippen LogP contribution in [0.4, 0.5) is 5.69 Å². The molecule has 16 heavy (non-hydrogen) atoms. The van der Waals surface area contributed by atoms with Crippen molar-refractivity contribution in [3.8, 4) is 0 Å². The predicted molar refractivity (Wildman–Crippen MR) is 75.2 cm³/mol. The molecule has 3 aromatic carbocycles. The predicted octanol–water partition coefficient (Wildman–Crippen LogP) is 3.08. The van der Waals surface area contributed by atoms with Crippen molar-refractivity contribution in [2.45, 2.75) is 0 Å². The lowest BCUT2D eigenvalue weighted by atomic mass is 10.0. The van der Waals surface area contributed by atoms with Crippen LogP contribution in [-0.2, 0) is 0 Å². The molecular formula is C14H12NP. The Hall–Kier alpha value is -1.59. The first kappa shape index (κ1) is 9.62. The third-order valence-corrected chi connectivity index (χ3v) is 3.64. The van der Waals surface area contributed by atoms with Crippen molar-refractivity contribution in [1.29, 1.82) is 0 Å². The summed E-state index contributed by atoms with van der Waals surface area (Å²) in [7, 11) is 2.83. The average molecular weight is 225 g/mol. The summed E-state index contributed by atoms with van der Waals surface area (Å²) in [6.07, 6.45) is 0. The Labute approximate surface area is 96.5 Å². The van der Waals surface area contributed by atoms with Gasteiger partial charge in [0.05, 0.1) is 0 Å². The number of anilines is 1. The smallest absolute Gasteiger partial charge is 0.0473 e. The van der Waals surface area contributed by atoms with Crippen molar-refractivity contribution >= 4 is 41.8 Å². The Balaban J connectivity index is 2.67. The normalized spacial score (nSPS) is 11.1. The molecule has 0 amide bonds. The second-order valence-electron chi connectivity index (χ2n) is 3.92. The Kier molecular flexibility index (Phi) is 2.08. The molecule has 0 bridgehead atoms. The fourth-order valence-corrected chi connectivity index (χ4v) is 2.70. The van der Waals surface area contributed by atoms with Crippen LogP contribution in [-0.4, -0.2) is 0 Å². The molecule has 0 spiro atoms. The van der Waals surface area contributed by atoms with E-state index in [1.807, 2.05) is 24.3 Å². The summed E-state index contributed by atoms with van der Waals surface area (Å²) in [5, 5.41) is 5.91. The Morgan fingerprint density at radius 1 is 0.688 bits per heavy atom. The first-order chi connectivity index (χ1) is 7.79. The Bertz CT molecular complexity index is 572. The standard InChI is InChI=1S/C14H12NP/c15-13-9-5-1-3-7-11(9)14(16)12-8-4-2-6-10(12)13/h1-8H,15-16H2. The van der Waals surface area contributed by atoms with Gasteiger partial charge in [-0.05, 0) is 16.1 Å². The summed E-state index contributed by atoms with van der Waals surface area (Å²) >= 11 is 0. The van der Waals surface area contributed by atoms with Crippen molar-refractivity contribution in [1.82, 2.24) is 0 Å². The van der Waals surface area contributed by atoms with Gasteiger partial charge in [-0.15, -0.1) is 9.24 Å². The highest BCUT2D eigenvalue weighted by Gasteiger charge is 2.07. The molecule has 0 aliphatic carbocycles. The monoisotopic (exact) mass is 225 g/mol. The maximum absolute atomic E-state index is 6.21. The van der Waals surface area contributed by atoms with Gasteiger partial charge in [0.2, 0.25) is 0 Å². The topological polar surface area (TPSA) is 26.0 Å². The van der Waals surface area contributed by atoms with Gasteiger partial charge in [0.25, 0.3) is 0 Å². The molecule has 0 aromatic heterocycles. The molecule has 0 radical (unpaired) electrons. The quantitative estimate of drug-likeness (QED) is 0.355. The first-order valence-corrected chi connectivity index (χ1v) is 5.81. The maximum atomic E-state index is 6.21. The first-order valence-electron chi connectivity index (χ1n) is 5.23. The van der Waals surface area contributed by atoms with E-state index >= 15 is 0 Å². The van der Waals surface area contributed by atoms with E-state index < -0.39 is 0 Å². The number of rotatable bonds is 0. The van der Waals surface area contributed by atoms with Gasteiger partial charge in [-0.2, -0.15) is 0 Å². The molecule has 0 saturated heterocycles. The SMILES string of the molecule is Nc1c2ccccc2c(P)c2ccccc12. The number of nitrogen functional groups attached to an aromatic ring is 1. The van der Waals surface area contributed by atoms with Crippen LogP contribution >= 0.6 is 9.24 Å². The number of hydrogen-bond donors (Lipinski definition) is 1. The number of nitrogens with two attached hydrogens (primary N) is 1. The van der Waals surface area contributed by atoms with Crippen LogP contribution in [0.15, 0.2) is 48.5 Å². The minimum Gasteiger partial charge on any atom is -0.398 e. The van der Waals surface area contributed by atoms with Crippen molar-refractivity contribution in [2.24, 2.45) is 0 Å². The number of benzene rings is 3. The van der Waals surface area contributed by atoms with Crippen LogP contribution in [0.1, 0.15) is 0 Å². The molecule has 1 unspecified atom stereocenters. The molecule has 3 aromatic rings. The van der Waals surface area contributed by atoms with Gasteiger partial charge in [-0.3, -0.25) is 0 Å². The largest absolute Gasteiger partial charge is 0.398 e. The second-order valence-corrected chi connectivity index (χ2v) is 4.50. The molecule has 1 atom stereocenters. The lowest BCUT2D eigenvalue weighted by Crippen LogP contribution is -2.00. The van der Waals surface area contributed by atoms with Gasteiger partial charge >= 0.3 is 0 Å². The zero-order chi connectivity index (χ0) is 11.1. The molecule has 0 aliphatic heterocycles. The van der Waals surface area contributed by atoms with Crippen LogP contribution in [0.25, 0.3) is 21.5 Å². The fourth-order valence-electron chi connectivity index (χ4n) is 2.20. The lowest BCUT2D eigenvalue weighted by molar-refractivity contribution is 1.77. The van der Waals surface area contributed by atoms with Crippen molar-refractivity contribution in [3.63, 3.8) is 0 Å². The zero-order valence-corrected chi connectivity index (χ0v) is 9.93. The number of fused-ring (bicyclic) bond motifs is 2. The van der Waals surface area contributed by atoms with Gasteiger partial charge in [0.15, 0.2) is 0 Å². The van der Waals surface area contributed by atoms with Gasteiger partial charge in [-0.25, -0.2) is 0 Å². The summed E-state index contributed by atoms with van der Waals surface area (Å²) < 4.78 is 0. The van der Waals surface area contributed by atoms with Gasteiger partial charge in [0.1, 0.15) is 0 Å². The highest BCUT2D eigenvalue weighted by molar-refractivity contribution is 7.29. The van der Waals surface area contributed by atoms with Crippen LogP contribution in [0.2, 0.25) is 0 Å². The summed E-state index contributed by atoms with van der Waals surface area (Å²) in [6, 6.07) is 16.5. The Morgan fingerprint density at radius 2 is 1.06 bits per heavy atom. The average Bonchev–Trinajstić information content (AvgIpc) is 2.36. The third-order valence-electron chi connectivity index (χ3n) is 3.01. The Morgan fingerprint density at radius 3 is 1.50 bits per heavy atom. The highest BCUT2D eigenvalue weighted by atomic mass is 31.0. The van der Waals surface area contributed by atoms with E-state index in [1.165, 1.54) is 16.1 Å². The van der Waals surface area contributed by atoms with Gasteiger partial charge < -0.3 is 5.73 Å². The highest BCUT2D eigenvalue weighted by Crippen LogP contribution is 2.29. The molecule has 0 fully saturated rings. The minimum absolute atomic E-state index is 0.873. The van der Waals surface area contributed by atoms with Crippen molar-refractivity contribution < 1.29 is 0 Å². The van der Waals surface area contributed by atoms with E-state index in [-0.39, 0.29) is 0 Å². The van der Waals surface area contributed by atoms with Crippen LogP contribution < -0.4 is 11.0 Å². The molecule has 2 N–H and O–H groups in total. The van der Waals surface area contributed by atoms with E-state index in [2.05, 4.69) is 33.5 Å². The maximum Gasteiger partial charge on any atom is 0.0473 e. The summed E-state index contributed by atoms with van der Waals surface area (Å²) in [4.78, 5) is 0. The van der Waals surface area contributed by atoms with E-state index in [9.17, 15) is 0 Å². The van der Waals surface area contributed by atoms with Gasteiger partial charge in [-0.1, -0.05) is 48.5 Å². The minimum atomic E-state index is 0.873. The summed E-state index contributed by atoms with van der Waals surface area (Å²) in [6.45, 7) is 0. The lowest BCUT2D eigenvalue weighted by Gasteiger charge is -2.10. The van der Waals surface area contributed by atoms with Crippen molar-refractivity contribution in [2.75, 3.05) is 5.73 Å². The molecule has 78 valence electrons. The van der Waals surface area contributed by atoms with Crippen molar-refractivity contribution in [3.05, 3.63) is 48.5 Å². The van der Waals surface area contributed by atoms with Crippen LogP contribution in [0, 0.1) is 0 Å². The van der Waals surface area contributed by atoms with E-state index in [0.717, 1.165) is 16.5 Å². The molecule has 1 nitrogen and oxygen atoms in total. The molecular weight excluding hydrogens is 213 g/mol. The summed E-state index contributed by atoms with van der Waals surface area (Å²) in [5.41, 5.74) is 7.09. The summed E-state index contributed by atoms with van der Waals surface area (Å²) in [5.74, 6) is 0. The number of hydrogen-bond acceptors (Lipinski definition) is 1. The van der Waals surface area contributed by atoms with E-state index in [4.69, 9.17) is 5.73 Å². The fraction of sp³-hybridized carbons (Fsp3) is 0. The van der Waals surface area contributed by atoms with Crippen LogP contribution in [0.3, 0.4) is 0 Å². The zero-order valence-electron chi connectivity index (χ0n) is 8.77.